The molecular formula is C21H29N3O5. The van der Waals surface area contributed by atoms with Crippen LogP contribution in [-0.4, -0.2) is 40.7 Å². The zero-order valence-electron chi connectivity index (χ0n) is 17.7. The van der Waals surface area contributed by atoms with Crippen LogP contribution in [0, 0.1) is 0 Å². The van der Waals surface area contributed by atoms with Gasteiger partial charge >= 0.3 is 6.09 Å². The van der Waals surface area contributed by atoms with E-state index in [1.165, 1.54) is 14.0 Å². The van der Waals surface area contributed by atoms with Crippen LogP contribution in [0.5, 0.6) is 5.75 Å². The Bertz CT molecular complexity index is 944. The van der Waals surface area contributed by atoms with E-state index in [4.69, 9.17) is 9.47 Å². The summed E-state index contributed by atoms with van der Waals surface area (Å²) in [6, 6.07) is 5.15. The minimum Gasteiger partial charge on any atom is -0.497 e. The predicted octanol–water partition coefficient (Wildman–Crippen LogP) is 2.84. The lowest BCUT2D eigenvalue weighted by atomic mass is 10.1. The number of amides is 1. The number of fused-ring (bicyclic) bond motifs is 1. The van der Waals surface area contributed by atoms with Gasteiger partial charge in [0, 0.05) is 25.9 Å². The number of hydrogen-bond acceptors (Lipinski definition) is 6. The second-order valence-electron chi connectivity index (χ2n) is 7.85. The van der Waals surface area contributed by atoms with E-state index in [0.717, 1.165) is 0 Å². The van der Waals surface area contributed by atoms with Gasteiger partial charge in [-0.05, 0) is 52.3 Å². The fraction of sp³-hybridized carbons (Fsp3) is 0.524. The Balaban J connectivity index is 2.27. The summed E-state index contributed by atoms with van der Waals surface area (Å²) < 4.78 is 12.0. The van der Waals surface area contributed by atoms with Crippen LogP contribution in [0.3, 0.4) is 0 Å². The fourth-order valence-corrected chi connectivity index (χ4v) is 2.87. The van der Waals surface area contributed by atoms with Gasteiger partial charge in [-0.1, -0.05) is 0 Å². The molecule has 0 aliphatic carbocycles. The average Bonchev–Trinajstić information content (AvgIpc) is 2.62. The van der Waals surface area contributed by atoms with Crippen molar-refractivity contribution >= 4 is 22.8 Å². The van der Waals surface area contributed by atoms with Gasteiger partial charge in [-0.3, -0.25) is 9.36 Å². The maximum absolute atomic E-state index is 13.1. The summed E-state index contributed by atoms with van der Waals surface area (Å²) in [5.74, 6) is 1.25. The Labute approximate surface area is 170 Å². The standard InChI is InChI=1S/C21H29N3O5/c1-14(25)7-6-8-18-23-17-10-9-15(28-5)13-16(17)19(26)24(18)12-11-22-20(27)29-21(2,3)4/h9-10,13H,6-8,11-12H2,1-5H3,(H,22,27). The van der Waals surface area contributed by atoms with Crippen molar-refractivity contribution in [2.75, 3.05) is 13.7 Å². The van der Waals surface area contributed by atoms with Gasteiger partial charge in [0.25, 0.3) is 5.56 Å². The third-order valence-electron chi connectivity index (χ3n) is 4.17. The monoisotopic (exact) mass is 403 g/mol. The largest absolute Gasteiger partial charge is 0.497 e. The predicted molar refractivity (Wildman–Crippen MR) is 110 cm³/mol. The number of aromatic nitrogens is 2. The Morgan fingerprint density at radius 2 is 1.97 bits per heavy atom. The second-order valence-corrected chi connectivity index (χ2v) is 7.85. The number of nitrogens with zero attached hydrogens (tertiary/aromatic N) is 2. The molecule has 1 N–H and O–H groups in total. The van der Waals surface area contributed by atoms with E-state index in [2.05, 4.69) is 10.3 Å². The van der Waals surface area contributed by atoms with Crippen molar-refractivity contribution in [3.63, 3.8) is 0 Å². The first kappa shape index (κ1) is 22.4. The summed E-state index contributed by atoms with van der Waals surface area (Å²) in [4.78, 5) is 40.8. The van der Waals surface area contributed by atoms with Crippen molar-refractivity contribution in [2.24, 2.45) is 0 Å². The molecule has 0 radical (unpaired) electrons. The molecule has 1 amide bonds. The highest BCUT2D eigenvalue weighted by molar-refractivity contribution is 5.79. The van der Waals surface area contributed by atoms with Crippen molar-refractivity contribution in [1.82, 2.24) is 14.9 Å². The first-order valence-corrected chi connectivity index (χ1v) is 9.64. The number of ketones is 1. The quantitative estimate of drug-likeness (QED) is 0.728. The summed E-state index contributed by atoms with van der Waals surface area (Å²) in [6.45, 7) is 7.35. The summed E-state index contributed by atoms with van der Waals surface area (Å²) in [6.07, 6.45) is 0.970. The molecule has 0 atom stereocenters. The molecule has 0 spiro atoms. The smallest absolute Gasteiger partial charge is 0.407 e. The lowest BCUT2D eigenvalue weighted by molar-refractivity contribution is -0.117. The molecule has 0 unspecified atom stereocenters. The normalized spacial score (nSPS) is 11.3. The van der Waals surface area contributed by atoms with Crippen LogP contribution in [0.25, 0.3) is 10.9 Å². The van der Waals surface area contributed by atoms with Crippen LogP contribution in [0.4, 0.5) is 4.79 Å². The minimum absolute atomic E-state index is 0.0935. The topological polar surface area (TPSA) is 99.5 Å². The molecule has 158 valence electrons. The average molecular weight is 403 g/mol. The van der Waals surface area contributed by atoms with Crippen LogP contribution in [0.2, 0.25) is 0 Å². The van der Waals surface area contributed by atoms with Crippen molar-refractivity contribution in [2.45, 2.75) is 59.1 Å². The number of benzene rings is 1. The maximum atomic E-state index is 13.1. The SMILES string of the molecule is COc1ccc2nc(CCCC(C)=O)n(CCNC(=O)OC(C)(C)C)c(=O)c2c1. The van der Waals surface area contributed by atoms with Crippen molar-refractivity contribution < 1.29 is 19.1 Å². The van der Waals surface area contributed by atoms with E-state index in [-0.39, 0.29) is 24.4 Å². The summed E-state index contributed by atoms with van der Waals surface area (Å²) in [5, 5.41) is 3.10. The highest BCUT2D eigenvalue weighted by Crippen LogP contribution is 2.17. The summed E-state index contributed by atoms with van der Waals surface area (Å²) in [5.41, 5.74) is -0.234. The van der Waals surface area contributed by atoms with Crippen molar-refractivity contribution in [3.05, 3.63) is 34.4 Å². The third-order valence-corrected chi connectivity index (χ3v) is 4.17. The third kappa shape index (κ3) is 6.58. The molecular weight excluding hydrogens is 374 g/mol. The molecule has 1 aromatic carbocycles. The molecule has 8 heteroatoms. The number of rotatable bonds is 8. The number of ether oxygens (including phenoxy) is 2. The Hall–Kier alpha value is -2.90. The number of alkyl carbamates (subject to hydrolysis) is 1. The van der Waals surface area contributed by atoms with E-state index in [9.17, 15) is 14.4 Å². The Morgan fingerprint density at radius 1 is 1.24 bits per heavy atom. The van der Waals surface area contributed by atoms with Gasteiger partial charge in [-0.2, -0.15) is 0 Å². The number of carbonyl (C=O) groups excluding carboxylic acids is 2. The zero-order valence-corrected chi connectivity index (χ0v) is 17.7. The zero-order chi connectivity index (χ0) is 21.6. The molecule has 0 saturated heterocycles. The molecule has 0 fully saturated rings. The van der Waals surface area contributed by atoms with E-state index in [1.54, 1.807) is 43.5 Å². The summed E-state index contributed by atoms with van der Waals surface area (Å²) in [7, 11) is 1.54. The van der Waals surface area contributed by atoms with E-state index in [0.29, 0.717) is 41.7 Å². The summed E-state index contributed by atoms with van der Waals surface area (Å²) >= 11 is 0. The Kier molecular flexibility index (Phi) is 7.36. The molecule has 8 nitrogen and oxygen atoms in total. The lowest BCUT2D eigenvalue weighted by Gasteiger charge is -2.20. The van der Waals surface area contributed by atoms with Gasteiger partial charge in [0.05, 0.1) is 18.0 Å². The van der Waals surface area contributed by atoms with Crippen molar-refractivity contribution in [1.29, 1.82) is 0 Å². The molecule has 1 aromatic heterocycles. The highest BCUT2D eigenvalue weighted by Gasteiger charge is 2.16. The van der Waals surface area contributed by atoms with Crippen LogP contribution in [-0.2, 0) is 22.5 Å². The Morgan fingerprint density at radius 3 is 2.59 bits per heavy atom. The van der Waals surface area contributed by atoms with Gasteiger partial charge in [0.2, 0.25) is 0 Å². The molecule has 1 heterocycles. The molecule has 0 saturated carbocycles. The van der Waals surface area contributed by atoms with Gasteiger partial charge in [0.1, 0.15) is 23.0 Å². The first-order valence-electron chi connectivity index (χ1n) is 9.64. The number of carbonyl (C=O) groups is 2. The molecule has 0 bridgehead atoms. The number of aryl methyl sites for hydroxylation is 1. The van der Waals surface area contributed by atoms with E-state index < -0.39 is 11.7 Å². The van der Waals surface area contributed by atoms with Crippen molar-refractivity contribution in [3.8, 4) is 5.75 Å². The second kappa shape index (κ2) is 9.54. The first-order chi connectivity index (χ1) is 13.6. The van der Waals surface area contributed by atoms with Gasteiger partial charge in [0.15, 0.2) is 0 Å². The van der Waals surface area contributed by atoms with E-state index >= 15 is 0 Å². The molecule has 0 aliphatic heterocycles. The molecule has 0 aliphatic rings. The number of nitrogens with one attached hydrogen (secondary N) is 1. The van der Waals surface area contributed by atoms with Crippen LogP contribution < -0.4 is 15.6 Å². The molecule has 29 heavy (non-hydrogen) atoms. The minimum atomic E-state index is -0.597. The van der Waals surface area contributed by atoms with Gasteiger partial charge < -0.3 is 19.6 Å². The highest BCUT2D eigenvalue weighted by atomic mass is 16.6. The number of Topliss-reactive ketones (excluding diaryl/α,β-unsaturated/α-hetero) is 1. The van der Waals surface area contributed by atoms with Gasteiger partial charge in [-0.25, -0.2) is 9.78 Å². The maximum Gasteiger partial charge on any atom is 0.407 e. The van der Waals surface area contributed by atoms with Crippen LogP contribution >= 0.6 is 0 Å². The van der Waals surface area contributed by atoms with Gasteiger partial charge in [-0.15, -0.1) is 0 Å². The fourth-order valence-electron chi connectivity index (χ4n) is 2.87. The van der Waals surface area contributed by atoms with Crippen LogP contribution in [0.15, 0.2) is 23.0 Å². The van der Waals surface area contributed by atoms with Crippen LogP contribution in [0.1, 0.15) is 46.4 Å². The number of methoxy groups -OCH3 is 1. The van der Waals surface area contributed by atoms with E-state index in [1.807, 2.05) is 0 Å². The lowest BCUT2D eigenvalue weighted by Crippen LogP contribution is -2.36. The molecule has 2 rings (SSSR count). The molecule has 2 aromatic rings. The number of hydrogen-bond donors (Lipinski definition) is 1.